The largest absolute Gasteiger partial charge is 0.495 e. The Morgan fingerprint density at radius 3 is 2.41 bits per heavy atom. The smallest absolute Gasteiger partial charge is 0.340 e. The van der Waals surface area contributed by atoms with Crippen molar-refractivity contribution in [3.05, 3.63) is 53.1 Å². The Kier molecular flexibility index (Phi) is 9.40. The molecule has 1 aliphatic carbocycles. The predicted octanol–water partition coefficient (Wildman–Crippen LogP) is 7.58. The summed E-state index contributed by atoms with van der Waals surface area (Å²) in [5.74, 6) is 0.643. The number of benzene rings is 2. The van der Waals surface area contributed by atoms with Crippen LogP contribution in [0.3, 0.4) is 0 Å². The maximum Gasteiger partial charge on any atom is 0.340 e. The van der Waals surface area contributed by atoms with E-state index in [0.717, 1.165) is 62.5 Å². The zero-order valence-electron chi connectivity index (χ0n) is 19.1. The minimum Gasteiger partial charge on any atom is -0.495 e. The van der Waals surface area contributed by atoms with E-state index in [0.29, 0.717) is 16.7 Å². The standard InChI is InChI=1S/C27H34ClFO3/c1-3-4-5-25(29)27(30)32-23-15-10-20(11-16-23)7-6-19-8-12-21(13-9-19)22-14-17-26(31-2)24(28)18-22/h8-9,12-14,17-18,20,23,25H,3-7,10-11,15-16H2,1-2H3/t20-,23-,25-/m0/s1. The first kappa shape index (κ1) is 24.6. The molecule has 0 radical (unpaired) electrons. The van der Waals surface area contributed by atoms with Gasteiger partial charge in [-0.25, -0.2) is 9.18 Å². The maximum atomic E-state index is 13.8. The number of halogens is 2. The van der Waals surface area contributed by atoms with Gasteiger partial charge in [-0.2, -0.15) is 0 Å². The monoisotopic (exact) mass is 460 g/mol. The molecule has 0 N–H and O–H groups in total. The molecule has 0 amide bonds. The van der Waals surface area contributed by atoms with Crippen LogP contribution in [0.2, 0.25) is 5.02 Å². The molecule has 1 aliphatic rings. The molecule has 0 bridgehead atoms. The van der Waals surface area contributed by atoms with Crippen molar-refractivity contribution >= 4 is 17.6 Å². The number of unbranched alkanes of at least 4 members (excludes halogenated alkanes) is 1. The summed E-state index contributed by atoms with van der Waals surface area (Å²) in [5, 5.41) is 0.610. The van der Waals surface area contributed by atoms with Crippen LogP contribution < -0.4 is 4.74 Å². The summed E-state index contributed by atoms with van der Waals surface area (Å²) in [7, 11) is 1.61. The van der Waals surface area contributed by atoms with Crippen molar-refractivity contribution in [1.82, 2.24) is 0 Å². The van der Waals surface area contributed by atoms with Gasteiger partial charge in [0.05, 0.1) is 12.1 Å². The second kappa shape index (κ2) is 12.2. The normalized spacial score (nSPS) is 19.4. The summed E-state index contributed by atoms with van der Waals surface area (Å²) in [6, 6.07) is 14.5. The van der Waals surface area contributed by atoms with E-state index in [1.165, 1.54) is 5.56 Å². The molecule has 0 aromatic heterocycles. The van der Waals surface area contributed by atoms with Gasteiger partial charge in [0.25, 0.3) is 0 Å². The van der Waals surface area contributed by atoms with Crippen LogP contribution >= 0.6 is 11.6 Å². The van der Waals surface area contributed by atoms with E-state index in [-0.39, 0.29) is 12.5 Å². The van der Waals surface area contributed by atoms with Crippen LogP contribution in [0.1, 0.15) is 63.9 Å². The highest BCUT2D eigenvalue weighted by atomic mass is 35.5. The van der Waals surface area contributed by atoms with Gasteiger partial charge >= 0.3 is 5.97 Å². The van der Waals surface area contributed by atoms with Gasteiger partial charge in [-0.3, -0.25) is 0 Å². The second-order valence-corrected chi connectivity index (χ2v) is 9.18. The van der Waals surface area contributed by atoms with Crippen LogP contribution in [-0.2, 0) is 16.0 Å². The van der Waals surface area contributed by atoms with E-state index in [9.17, 15) is 9.18 Å². The number of ether oxygens (including phenoxy) is 2. The summed E-state index contributed by atoms with van der Waals surface area (Å²) in [4.78, 5) is 11.9. The zero-order valence-corrected chi connectivity index (χ0v) is 19.9. The molecule has 2 aromatic carbocycles. The van der Waals surface area contributed by atoms with Crippen LogP contribution in [-0.4, -0.2) is 25.4 Å². The zero-order chi connectivity index (χ0) is 22.9. The van der Waals surface area contributed by atoms with Gasteiger partial charge in [-0.15, -0.1) is 0 Å². The van der Waals surface area contributed by atoms with E-state index in [4.69, 9.17) is 21.1 Å². The minimum atomic E-state index is -1.47. The van der Waals surface area contributed by atoms with Crippen molar-refractivity contribution in [2.75, 3.05) is 7.11 Å². The number of hydrogen-bond donors (Lipinski definition) is 0. The molecule has 0 heterocycles. The molecule has 1 fully saturated rings. The van der Waals surface area contributed by atoms with Crippen LogP contribution in [0.25, 0.3) is 11.1 Å². The van der Waals surface area contributed by atoms with Crippen molar-refractivity contribution in [2.45, 2.75) is 77.0 Å². The molecule has 174 valence electrons. The predicted molar refractivity (Wildman–Crippen MR) is 128 cm³/mol. The fraction of sp³-hybridized carbons (Fsp3) is 0.519. The van der Waals surface area contributed by atoms with E-state index < -0.39 is 12.1 Å². The highest BCUT2D eigenvalue weighted by Gasteiger charge is 2.27. The first-order valence-electron chi connectivity index (χ1n) is 11.8. The third-order valence-corrected chi connectivity index (χ3v) is 6.72. The van der Waals surface area contributed by atoms with E-state index in [2.05, 4.69) is 24.3 Å². The summed E-state index contributed by atoms with van der Waals surface area (Å²) in [6.45, 7) is 1.99. The lowest BCUT2D eigenvalue weighted by molar-refractivity contribution is -0.157. The molecule has 0 saturated heterocycles. The fourth-order valence-corrected chi connectivity index (χ4v) is 4.62. The summed E-state index contributed by atoms with van der Waals surface area (Å²) >= 11 is 6.25. The number of alkyl halides is 1. The van der Waals surface area contributed by atoms with E-state index in [1.807, 2.05) is 25.1 Å². The first-order valence-corrected chi connectivity index (χ1v) is 12.1. The Hall–Kier alpha value is -2.07. The number of esters is 1. The molecular formula is C27H34ClFO3. The van der Waals surface area contributed by atoms with E-state index in [1.54, 1.807) is 7.11 Å². The molecule has 1 saturated carbocycles. The third kappa shape index (κ3) is 6.96. The Labute approximate surface area is 196 Å². The van der Waals surface area contributed by atoms with Gasteiger partial charge in [-0.05, 0) is 79.7 Å². The Balaban J connectivity index is 1.42. The number of methoxy groups -OCH3 is 1. The average Bonchev–Trinajstić information content (AvgIpc) is 2.82. The number of rotatable bonds is 10. The first-order chi connectivity index (χ1) is 15.5. The SMILES string of the molecule is CCCC[C@H](F)C(=O)O[C@H]1CC[C@H](CCc2ccc(-c3ccc(OC)c(Cl)c3)cc2)CC1. The molecule has 32 heavy (non-hydrogen) atoms. The topological polar surface area (TPSA) is 35.5 Å². The molecule has 3 nitrogen and oxygen atoms in total. The molecule has 0 aliphatic heterocycles. The van der Waals surface area contributed by atoms with Crippen molar-refractivity contribution in [1.29, 1.82) is 0 Å². The lowest BCUT2D eigenvalue weighted by Crippen LogP contribution is -2.29. The van der Waals surface area contributed by atoms with Gasteiger partial charge in [-0.1, -0.05) is 61.7 Å². The molecular weight excluding hydrogens is 427 g/mol. The molecule has 0 unspecified atom stereocenters. The van der Waals surface area contributed by atoms with Crippen molar-refractivity contribution in [2.24, 2.45) is 5.92 Å². The van der Waals surface area contributed by atoms with Crippen LogP contribution in [0.15, 0.2) is 42.5 Å². The fourth-order valence-electron chi connectivity index (χ4n) is 4.36. The van der Waals surface area contributed by atoms with Crippen LogP contribution in [0.5, 0.6) is 5.75 Å². The molecule has 5 heteroatoms. The highest BCUT2D eigenvalue weighted by Crippen LogP contribution is 2.32. The molecule has 1 atom stereocenters. The Bertz CT molecular complexity index is 860. The van der Waals surface area contributed by atoms with Crippen LogP contribution in [0, 0.1) is 5.92 Å². The van der Waals surface area contributed by atoms with Gasteiger partial charge in [0.2, 0.25) is 0 Å². The highest BCUT2D eigenvalue weighted by molar-refractivity contribution is 6.32. The lowest BCUT2D eigenvalue weighted by Gasteiger charge is -2.28. The summed E-state index contributed by atoms with van der Waals surface area (Å²) < 4.78 is 24.5. The van der Waals surface area contributed by atoms with Crippen molar-refractivity contribution < 1.29 is 18.7 Å². The number of carbonyl (C=O) groups is 1. The van der Waals surface area contributed by atoms with Crippen molar-refractivity contribution in [3.63, 3.8) is 0 Å². The number of hydrogen-bond acceptors (Lipinski definition) is 3. The van der Waals surface area contributed by atoms with E-state index >= 15 is 0 Å². The Morgan fingerprint density at radius 1 is 1.09 bits per heavy atom. The van der Waals surface area contributed by atoms with Gasteiger partial charge in [0.15, 0.2) is 6.17 Å². The Morgan fingerprint density at radius 2 is 1.78 bits per heavy atom. The van der Waals surface area contributed by atoms with Crippen LogP contribution in [0.4, 0.5) is 4.39 Å². The second-order valence-electron chi connectivity index (χ2n) is 8.77. The molecule has 3 rings (SSSR count). The molecule has 2 aromatic rings. The third-order valence-electron chi connectivity index (χ3n) is 6.42. The quantitative estimate of drug-likeness (QED) is 0.343. The average molecular weight is 461 g/mol. The summed E-state index contributed by atoms with van der Waals surface area (Å²) in [6.07, 6.45) is 6.20. The summed E-state index contributed by atoms with van der Waals surface area (Å²) in [5.41, 5.74) is 3.52. The number of carbonyl (C=O) groups excluding carboxylic acids is 1. The number of aryl methyl sites for hydroxylation is 1. The maximum absolute atomic E-state index is 13.8. The van der Waals surface area contributed by atoms with Gasteiger partial charge in [0.1, 0.15) is 11.9 Å². The lowest BCUT2D eigenvalue weighted by atomic mass is 9.83. The minimum absolute atomic E-state index is 0.116. The molecule has 0 spiro atoms. The van der Waals surface area contributed by atoms with Gasteiger partial charge < -0.3 is 9.47 Å². The van der Waals surface area contributed by atoms with Crippen molar-refractivity contribution in [3.8, 4) is 16.9 Å². The van der Waals surface area contributed by atoms with Gasteiger partial charge in [0, 0.05) is 0 Å².